The number of rotatable bonds is 4. The van der Waals surface area contributed by atoms with Gasteiger partial charge in [0.05, 0.1) is 11.3 Å². The maximum Gasteiger partial charge on any atom is 0.188 e. The molecule has 0 unspecified atom stereocenters. The first kappa shape index (κ1) is 16.1. The number of hydrogen-bond donors (Lipinski definition) is 0. The molecule has 0 saturated carbocycles. The Kier molecular flexibility index (Phi) is 4.57. The number of thiazole rings is 1. The molecule has 3 rings (SSSR count). The molecule has 1 aromatic heterocycles. The van der Waals surface area contributed by atoms with Crippen molar-refractivity contribution in [2.24, 2.45) is 0 Å². The maximum atomic E-state index is 13.5. The van der Waals surface area contributed by atoms with E-state index in [0.29, 0.717) is 16.8 Å². The highest BCUT2D eigenvalue weighted by molar-refractivity contribution is 7.13. The minimum atomic E-state index is -0.907. The molecule has 0 aliphatic heterocycles. The molecule has 24 heavy (non-hydrogen) atoms. The third kappa shape index (κ3) is 3.60. The topological polar surface area (TPSA) is 30.0 Å². The summed E-state index contributed by atoms with van der Waals surface area (Å²) in [5.41, 5.74) is 1.08. The highest BCUT2D eigenvalue weighted by Crippen LogP contribution is 2.24. The van der Waals surface area contributed by atoms with Crippen molar-refractivity contribution in [3.8, 4) is 10.6 Å². The summed E-state index contributed by atoms with van der Waals surface area (Å²) in [6.45, 7) is 0. The van der Waals surface area contributed by atoms with E-state index in [1.165, 1.54) is 35.6 Å². The van der Waals surface area contributed by atoms with Crippen molar-refractivity contribution in [3.05, 3.63) is 82.6 Å². The Balaban J connectivity index is 1.77. The van der Waals surface area contributed by atoms with Gasteiger partial charge in [0.15, 0.2) is 5.78 Å². The largest absolute Gasteiger partial charge is 0.289 e. The fourth-order valence-corrected chi connectivity index (χ4v) is 2.82. The van der Waals surface area contributed by atoms with Gasteiger partial charge in [-0.3, -0.25) is 4.79 Å². The lowest BCUT2D eigenvalue weighted by atomic mass is 10.1. The number of carbonyl (C=O) groups is 1. The summed E-state index contributed by atoms with van der Waals surface area (Å²) >= 11 is 1.34. The molecule has 0 saturated heterocycles. The predicted molar refractivity (Wildman–Crippen MR) is 87.2 cm³/mol. The highest BCUT2D eigenvalue weighted by atomic mass is 32.1. The summed E-state index contributed by atoms with van der Waals surface area (Å²) in [6, 6.07) is 8.69. The Hall–Kier alpha value is -2.73. The molecule has 0 spiro atoms. The second kappa shape index (κ2) is 6.80. The van der Waals surface area contributed by atoms with E-state index in [2.05, 4.69) is 4.98 Å². The molecular weight excluding hydrogens is 335 g/mol. The van der Waals surface area contributed by atoms with Crippen LogP contribution in [0.5, 0.6) is 0 Å². The van der Waals surface area contributed by atoms with E-state index in [1.807, 2.05) is 0 Å². The van der Waals surface area contributed by atoms with E-state index >= 15 is 0 Å². The molecule has 0 aliphatic rings. The van der Waals surface area contributed by atoms with Crippen LogP contribution in [0.3, 0.4) is 0 Å². The quantitative estimate of drug-likeness (QED) is 0.485. The van der Waals surface area contributed by atoms with Crippen LogP contribution in [0, 0.1) is 17.5 Å². The predicted octanol–water partition coefficient (Wildman–Crippen LogP) is 5.12. The molecule has 0 N–H and O–H groups in total. The van der Waals surface area contributed by atoms with E-state index in [0.717, 1.165) is 17.7 Å². The standard InChI is InChI=1S/C18H10F3NOS/c19-12-3-1-11(2-4-12)18-22-14(10-24-18)6-8-17(23)15-7-5-13(20)9-16(15)21/h1-10H/b8-6+. The lowest BCUT2D eigenvalue weighted by Crippen LogP contribution is -1.99. The van der Waals surface area contributed by atoms with Gasteiger partial charge in [-0.15, -0.1) is 11.3 Å². The van der Waals surface area contributed by atoms with Crippen molar-refractivity contribution < 1.29 is 18.0 Å². The fraction of sp³-hybridized carbons (Fsp3) is 0. The molecule has 0 atom stereocenters. The molecule has 0 bridgehead atoms. The normalized spacial score (nSPS) is 11.1. The highest BCUT2D eigenvalue weighted by Gasteiger charge is 2.10. The van der Waals surface area contributed by atoms with Crippen LogP contribution in [0.4, 0.5) is 13.2 Å². The Morgan fingerprint density at radius 3 is 2.42 bits per heavy atom. The second-order valence-electron chi connectivity index (χ2n) is 4.91. The van der Waals surface area contributed by atoms with Crippen LogP contribution in [-0.2, 0) is 0 Å². The molecular formula is C18H10F3NOS. The van der Waals surface area contributed by atoms with Crippen LogP contribution in [0.1, 0.15) is 16.1 Å². The van der Waals surface area contributed by atoms with Crippen LogP contribution in [0.25, 0.3) is 16.6 Å². The van der Waals surface area contributed by atoms with Gasteiger partial charge >= 0.3 is 0 Å². The van der Waals surface area contributed by atoms with Gasteiger partial charge in [-0.05, 0) is 48.6 Å². The molecule has 0 amide bonds. The molecule has 6 heteroatoms. The Bertz CT molecular complexity index is 916. The average molecular weight is 345 g/mol. The minimum Gasteiger partial charge on any atom is -0.289 e. The van der Waals surface area contributed by atoms with E-state index in [4.69, 9.17) is 0 Å². The van der Waals surface area contributed by atoms with Crippen LogP contribution in [0.2, 0.25) is 0 Å². The van der Waals surface area contributed by atoms with Gasteiger partial charge in [0, 0.05) is 17.0 Å². The summed E-state index contributed by atoms with van der Waals surface area (Å²) in [5.74, 6) is -2.56. The fourth-order valence-electron chi connectivity index (χ4n) is 2.03. The van der Waals surface area contributed by atoms with Crippen molar-refractivity contribution in [1.82, 2.24) is 4.98 Å². The average Bonchev–Trinajstić information content (AvgIpc) is 3.02. The van der Waals surface area contributed by atoms with Gasteiger partial charge in [-0.2, -0.15) is 0 Å². The van der Waals surface area contributed by atoms with E-state index in [-0.39, 0.29) is 11.4 Å². The molecule has 2 nitrogen and oxygen atoms in total. The summed E-state index contributed by atoms with van der Waals surface area (Å²) in [5, 5.41) is 2.40. The SMILES string of the molecule is O=C(/C=C/c1csc(-c2ccc(F)cc2)n1)c1ccc(F)cc1F. The van der Waals surface area contributed by atoms with Crippen molar-refractivity contribution in [2.45, 2.75) is 0 Å². The number of halogens is 3. The number of aromatic nitrogens is 1. The molecule has 120 valence electrons. The van der Waals surface area contributed by atoms with Crippen molar-refractivity contribution in [2.75, 3.05) is 0 Å². The molecule has 1 heterocycles. The zero-order valence-electron chi connectivity index (χ0n) is 12.2. The zero-order chi connectivity index (χ0) is 17.1. The van der Waals surface area contributed by atoms with E-state index in [9.17, 15) is 18.0 Å². The third-order valence-corrected chi connectivity index (χ3v) is 4.12. The molecule has 3 aromatic rings. The zero-order valence-corrected chi connectivity index (χ0v) is 13.0. The first-order valence-corrected chi connectivity index (χ1v) is 7.80. The molecule has 0 radical (unpaired) electrons. The number of nitrogens with zero attached hydrogens (tertiary/aromatic N) is 1. The van der Waals surface area contributed by atoms with Crippen LogP contribution >= 0.6 is 11.3 Å². The third-order valence-electron chi connectivity index (χ3n) is 3.22. The Morgan fingerprint density at radius 1 is 1.00 bits per heavy atom. The van der Waals surface area contributed by atoms with Crippen molar-refractivity contribution in [1.29, 1.82) is 0 Å². The van der Waals surface area contributed by atoms with Gasteiger partial charge in [0.25, 0.3) is 0 Å². The summed E-state index contributed by atoms with van der Waals surface area (Å²) in [7, 11) is 0. The number of allylic oxidation sites excluding steroid dienone is 1. The Labute approximate surface area is 139 Å². The Morgan fingerprint density at radius 2 is 1.71 bits per heavy atom. The lowest BCUT2D eigenvalue weighted by molar-refractivity contribution is 0.104. The number of hydrogen-bond acceptors (Lipinski definition) is 3. The molecule has 2 aromatic carbocycles. The van der Waals surface area contributed by atoms with Gasteiger partial charge < -0.3 is 0 Å². The van der Waals surface area contributed by atoms with Gasteiger partial charge in [-0.1, -0.05) is 0 Å². The van der Waals surface area contributed by atoms with Crippen molar-refractivity contribution in [3.63, 3.8) is 0 Å². The summed E-state index contributed by atoms with van der Waals surface area (Å²) in [6.07, 6.45) is 2.63. The van der Waals surface area contributed by atoms with Crippen molar-refractivity contribution >= 4 is 23.2 Å². The maximum absolute atomic E-state index is 13.5. The monoisotopic (exact) mass is 345 g/mol. The molecule has 0 aliphatic carbocycles. The number of ketones is 1. The number of benzene rings is 2. The van der Waals surface area contributed by atoms with E-state index < -0.39 is 17.4 Å². The minimum absolute atomic E-state index is 0.207. The van der Waals surface area contributed by atoms with Gasteiger partial charge in [0.2, 0.25) is 0 Å². The lowest BCUT2D eigenvalue weighted by Gasteiger charge is -1.98. The van der Waals surface area contributed by atoms with Crippen LogP contribution < -0.4 is 0 Å². The first-order valence-electron chi connectivity index (χ1n) is 6.92. The van der Waals surface area contributed by atoms with Crippen LogP contribution in [0.15, 0.2) is 53.9 Å². The van der Waals surface area contributed by atoms with E-state index in [1.54, 1.807) is 17.5 Å². The molecule has 0 fully saturated rings. The van der Waals surface area contributed by atoms with Crippen LogP contribution in [-0.4, -0.2) is 10.8 Å². The second-order valence-corrected chi connectivity index (χ2v) is 5.76. The summed E-state index contributed by atoms with van der Waals surface area (Å²) in [4.78, 5) is 16.3. The number of carbonyl (C=O) groups excluding carboxylic acids is 1. The first-order chi connectivity index (χ1) is 11.5. The summed E-state index contributed by atoms with van der Waals surface area (Å²) < 4.78 is 39.3. The van der Waals surface area contributed by atoms with Gasteiger partial charge in [-0.25, -0.2) is 18.2 Å². The van der Waals surface area contributed by atoms with Gasteiger partial charge in [0.1, 0.15) is 22.5 Å². The smallest absolute Gasteiger partial charge is 0.188 e.